The van der Waals surface area contributed by atoms with Crippen molar-refractivity contribution in [1.29, 1.82) is 0 Å². The van der Waals surface area contributed by atoms with E-state index >= 15 is 0 Å². The lowest BCUT2D eigenvalue weighted by Gasteiger charge is -2.59. The van der Waals surface area contributed by atoms with Gasteiger partial charge in [0.1, 0.15) is 0 Å². The fourth-order valence-electron chi connectivity index (χ4n) is 6.13. The van der Waals surface area contributed by atoms with Crippen LogP contribution in [0, 0.1) is 17.3 Å². The van der Waals surface area contributed by atoms with Crippen LogP contribution in [0.1, 0.15) is 49.7 Å². The van der Waals surface area contributed by atoms with Gasteiger partial charge in [-0.1, -0.05) is 24.3 Å². The first-order valence-corrected chi connectivity index (χ1v) is 10.4. The number of rotatable bonds is 5. The molecule has 0 unspecified atom stereocenters. The molecule has 1 aromatic carbocycles. The van der Waals surface area contributed by atoms with E-state index in [0.717, 1.165) is 44.2 Å². The van der Waals surface area contributed by atoms with Crippen LogP contribution in [0.15, 0.2) is 42.7 Å². The zero-order chi connectivity index (χ0) is 18.5. The molecule has 1 heterocycles. The van der Waals surface area contributed by atoms with Gasteiger partial charge in [-0.25, -0.2) is 0 Å². The van der Waals surface area contributed by atoms with Gasteiger partial charge in [0.15, 0.2) is 0 Å². The molecule has 4 fully saturated rings. The summed E-state index contributed by atoms with van der Waals surface area (Å²) in [6.07, 6.45) is 10.2. The summed E-state index contributed by atoms with van der Waals surface area (Å²) in [5.74, 6) is 1.52. The molecule has 5 heteroatoms. The lowest BCUT2D eigenvalue weighted by Crippen LogP contribution is -2.58. The fourth-order valence-corrected chi connectivity index (χ4v) is 6.82. The number of halogens is 1. The maximum atomic E-state index is 13.1. The number of amides is 1. The molecule has 4 aliphatic rings. The van der Waals surface area contributed by atoms with Gasteiger partial charge in [0.2, 0.25) is 5.91 Å². The molecule has 0 spiro atoms. The molecule has 2 aromatic rings. The highest BCUT2D eigenvalue weighted by atomic mass is 35.5. The largest absolute Gasteiger partial charge is 0.352 e. The zero-order valence-electron chi connectivity index (χ0n) is 15.5. The summed E-state index contributed by atoms with van der Waals surface area (Å²) in [5, 5.41) is 7.46. The normalized spacial score (nSPS) is 34.0. The molecule has 4 saturated carbocycles. The number of hydrogen-bond donors (Lipinski definition) is 1. The van der Waals surface area contributed by atoms with E-state index in [4.69, 9.17) is 11.6 Å². The van der Waals surface area contributed by atoms with E-state index in [-0.39, 0.29) is 16.2 Å². The van der Waals surface area contributed by atoms with Gasteiger partial charge in [-0.3, -0.25) is 9.48 Å². The van der Waals surface area contributed by atoms with Crippen molar-refractivity contribution >= 4 is 17.5 Å². The highest BCUT2D eigenvalue weighted by Crippen LogP contribution is 2.63. The summed E-state index contributed by atoms with van der Waals surface area (Å²) in [6.45, 7) is 1.36. The first kappa shape index (κ1) is 17.3. The number of aromatic nitrogens is 2. The van der Waals surface area contributed by atoms with Gasteiger partial charge in [-0.05, 0) is 67.6 Å². The quantitative estimate of drug-likeness (QED) is 0.789. The molecule has 0 aliphatic heterocycles. The van der Waals surface area contributed by atoms with Crippen molar-refractivity contribution < 1.29 is 4.79 Å². The third-order valence-electron chi connectivity index (χ3n) is 6.85. The number of nitrogens with zero attached hydrogens (tertiary/aromatic N) is 2. The number of benzene rings is 1. The Morgan fingerprint density at radius 1 is 1.15 bits per heavy atom. The van der Waals surface area contributed by atoms with Crippen LogP contribution >= 0.6 is 11.6 Å². The van der Waals surface area contributed by atoms with Crippen molar-refractivity contribution in [3.05, 3.63) is 53.9 Å². The smallest absolute Gasteiger partial charge is 0.226 e. The molecule has 2 atom stereocenters. The minimum absolute atomic E-state index is 0.116. The monoisotopic (exact) mass is 383 g/mol. The van der Waals surface area contributed by atoms with Crippen LogP contribution in [0.5, 0.6) is 0 Å². The maximum Gasteiger partial charge on any atom is 0.226 e. The molecule has 1 N–H and O–H groups in total. The topological polar surface area (TPSA) is 46.9 Å². The van der Waals surface area contributed by atoms with Crippen LogP contribution in [0.25, 0.3) is 0 Å². The average molecular weight is 384 g/mol. The Labute approximate surface area is 165 Å². The lowest BCUT2D eigenvalue weighted by molar-refractivity contribution is -0.144. The van der Waals surface area contributed by atoms with E-state index < -0.39 is 0 Å². The maximum absolute atomic E-state index is 13.1. The van der Waals surface area contributed by atoms with Crippen LogP contribution in [-0.2, 0) is 17.9 Å². The first-order chi connectivity index (χ1) is 13.0. The van der Waals surface area contributed by atoms with Gasteiger partial charge in [0.05, 0.1) is 12.0 Å². The Morgan fingerprint density at radius 2 is 1.85 bits per heavy atom. The Balaban J connectivity index is 1.22. The number of nitrogens with one attached hydrogen (secondary N) is 1. The predicted molar refractivity (Wildman–Crippen MR) is 105 cm³/mol. The van der Waals surface area contributed by atoms with Crippen LogP contribution in [-0.4, -0.2) is 20.6 Å². The lowest BCUT2D eigenvalue weighted by atomic mass is 9.49. The predicted octanol–water partition coefficient (Wildman–Crippen LogP) is 4.13. The summed E-state index contributed by atoms with van der Waals surface area (Å²) in [4.78, 5) is 13.0. The molecule has 27 heavy (non-hydrogen) atoms. The van der Waals surface area contributed by atoms with E-state index in [1.54, 1.807) is 6.20 Å². The molecule has 1 amide bonds. The van der Waals surface area contributed by atoms with Crippen molar-refractivity contribution in [3.8, 4) is 0 Å². The van der Waals surface area contributed by atoms with Gasteiger partial charge < -0.3 is 5.32 Å². The van der Waals surface area contributed by atoms with Gasteiger partial charge in [-0.15, -0.1) is 11.6 Å². The van der Waals surface area contributed by atoms with Crippen LogP contribution < -0.4 is 5.32 Å². The van der Waals surface area contributed by atoms with E-state index in [1.165, 1.54) is 12.0 Å². The van der Waals surface area contributed by atoms with Crippen LogP contribution in [0.3, 0.4) is 0 Å². The third kappa shape index (κ3) is 3.29. The summed E-state index contributed by atoms with van der Waals surface area (Å²) in [5.41, 5.74) is 2.13. The summed E-state index contributed by atoms with van der Waals surface area (Å²) in [7, 11) is 0. The molecule has 6 rings (SSSR count). The van der Waals surface area contributed by atoms with Crippen molar-refractivity contribution in [3.63, 3.8) is 0 Å². The third-order valence-corrected chi connectivity index (χ3v) is 7.29. The van der Waals surface area contributed by atoms with Gasteiger partial charge in [0.25, 0.3) is 0 Å². The van der Waals surface area contributed by atoms with E-state index in [0.29, 0.717) is 18.4 Å². The van der Waals surface area contributed by atoms with E-state index in [1.807, 2.05) is 16.9 Å². The summed E-state index contributed by atoms with van der Waals surface area (Å²) < 4.78 is 1.91. The zero-order valence-corrected chi connectivity index (χ0v) is 16.3. The standard InChI is InChI=1S/C22H26ClN3O/c23-22-11-18-8-19(12-22)10-21(9-18,15-22)20(27)24-13-16-2-4-17(5-3-16)14-26-7-1-6-25-26/h1-7,18-19H,8-15H2,(H,24,27)/t18-,19-,21?,22?/m1/s1. The highest BCUT2D eigenvalue weighted by Gasteiger charge is 2.59. The highest BCUT2D eigenvalue weighted by molar-refractivity contribution is 6.24. The van der Waals surface area contributed by atoms with Crippen LogP contribution in [0.4, 0.5) is 0 Å². The Hall–Kier alpha value is -1.81. The molecule has 0 saturated heterocycles. The summed E-state index contributed by atoms with van der Waals surface area (Å²) >= 11 is 6.87. The second-order valence-corrected chi connectivity index (χ2v) is 9.90. The second-order valence-electron chi connectivity index (χ2n) is 9.10. The molecule has 4 aliphatic carbocycles. The van der Waals surface area contributed by atoms with Crippen LogP contribution in [0.2, 0.25) is 0 Å². The SMILES string of the molecule is O=C(NCc1ccc(Cn2cccn2)cc1)C12C[C@H]3C[C@@H](CC(Cl)(C3)C1)C2. The van der Waals surface area contributed by atoms with Crippen molar-refractivity contribution in [2.75, 3.05) is 0 Å². The summed E-state index contributed by atoms with van der Waals surface area (Å²) in [6, 6.07) is 10.4. The van der Waals surface area contributed by atoms with Crippen molar-refractivity contribution in [1.82, 2.24) is 15.1 Å². The number of hydrogen-bond acceptors (Lipinski definition) is 2. The average Bonchev–Trinajstić information content (AvgIpc) is 3.12. The van der Waals surface area contributed by atoms with E-state index in [2.05, 4.69) is 34.7 Å². The molecule has 142 valence electrons. The minimum atomic E-state index is -0.216. The first-order valence-electron chi connectivity index (χ1n) is 10.0. The Kier molecular flexibility index (Phi) is 4.08. The second kappa shape index (κ2) is 6.37. The fraction of sp³-hybridized carbons (Fsp3) is 0.545. The number of alkyl halides is 1. The molecule has 4 nitrogen and oxygen atoms in total. The Morgan fingerprint density at radius 3 is 2.48 bits per heavy atom. The van der Waals surface area contributed by atoms with Gasteiger partial charge >= 0.3 is 0 Å². The Bertz CT molecular complexity index is 816. The molecular weight excluding hydrogens is 358 g/mol. The van der Waals surface area contributed by atoms with Gasteiger partial charge in [-0.2, -0.15) is 5.10 Å². The van der Waals surface area contributed by atoms with Crippen molar-refractivity contribution in [2.24, 2.45) is 17.3 Å². The molecular formula is C22H26ClN3O. The minimum Gasteiger partial charge on any atom is -0.352 e. The number of carbonyl (C=O) groups excluding carboxylic acids is 1. The molecule has 1 aromatic heterocycles. The van der Waals surface area contributed by atoms with Crippen molar-refractivity contribution in [2.45, 2.75) is 56.5 Å². The molecule has 4 bridgehead atoms. The number of carbonyl (C=O) groups is 1. The molecule has 0 radical (unpaired) electrons. The van der Waals surface area contributed by atoms with Gasteiger partial charge in [0, 0.05) is 23.8 Å². The van der Waals surface area contributed by atoms with E-state index in [9.17, 15) is 4.79 Å².